The van der Waals surface area contributed by atoms with Crippen molar-refractivity contribution in [3.8, 4) is 0 Å². The molecule has 0 saturated heterocycles. The fourth-order valence-electron chi connectivity index (χ4n) is 3.70. The van der Waals surface area contributed by atoms with Gasteiger partial charge in [0.2, 0.25) is 11.8 Å². The quantitative estimate of drug-likeness (QED) is 0.589. The molecule has 3 aromatic carbocycles. The van der Waals surface area contributed by atoms with Crippen molar-refractivity contribution < 1.29 is 19.2 Å². The Morgan fingerprint density at radius 2 is 1.25 bits per heavy atom. The third-order valence-electron chi connectivity index (χ3n) is 5.18. The van der Waals surface area contributed by atoms with Crippen LogP contribution in [-0.4, -0.2) is 34.6 Å². The number of benzene rings is 3. The van der Waals surface area contributed by atoms with E-state index in [0.29, 0.717) is 22.5 Å². The summed E-state index contributed by atoms with van der Waals surface area (Å²) in [7, 11) is 0. The predicted octanol–water partition coefficient (Wildman–Crippen LogP) is 3.49. The Morgan fingerprint density at radius 3 is 1.78 bits per heavy atom. The van der Waals surface area contributed by atoms with E-state index >= 15 is 0 Å². The lowest BCUT2D eigenvalue weighted by Crippen LogP contribution is -2.48. The summed E-state index contributed by atoms with van der Waals surface area (Å²) in [5.41, 5.74) is 2.49. The molecule has 160 valence electrons. The number of rotatable bonds is 6. The molecule has 2 N–H and O–H groups in total. The smallest absolute Gasteiger partial charge is 0.262 e. The molecule has 1 aliphatic heterocycles. The Bertz CT molecular complexity index is 1150. The first-order chi connectivity index (χ1) is 15.4. The minimum atomic E-state index is -1.03. The van der Waals surface area contributed by atoms with Gasteiger partial charge in [-0.25, -0.2) is 0 Å². The Hall–Kier alpha value is -4.26. The highest BCUT2D eigenvalue weighted by Crippen LogP contribution is 2.27. The molecule has 0 aliphatic carbocycles. The second kappa shape index (κ2) is 8.85. The van der Waals surface area contributed by atoms with Gasteiger partial charge in [-0.2, -0.15) is 0 Å². The number of hydrogen-bond acceptors (Lipinski definition) is 4. The predicted molar refractivity (Wildman–Crippen MR) is 120 cm³/mol. The molecule has 32 heavy (non-hydrogen) atoms. The average Bonchev–Trinajstić information content (AvgIpc) is 3.04. The Balaban J connectivity index is 1.61. The highest BCUT2D eigenvalue weighted by Gasteiger charge is 2.42. The van der Waals surface area contributed by atoms with E-state index in [-0.39, 0.29) is 12.3 Å². The van der Waals surface area contributed by atoms with E-state index in [1.165, 1.54) is 6.92 Å². The summed E-state index contributed by atoms with van der Waals surface area (Å²) in [6.45, 7) is 1.41. The van der Waals surface area contributed by atoms with Gasteiger partial charge in [-0.15, -0.1) is 0 Å². The van der Waals surface area contributed by atoms with E-state index < -0.39 is 23.8 Å². The minimum Gasteiger partial charge on any atom is -0.326 e. The van der Waals surface area contributed by atoms with Crippen molar-refractivity contribution in [3.63, 3.8) is 0 Å². The van der Waals surface area contributed by atoms with Crippen LogP contribution in [0.4, 0.5) is 11.4 Å². The van der Waals surface area contributed by atoms with Crippen LogP contribution in [0.3, 0.4) is 0 Å². The molecule has 0 bridgehead atoms. The SMILES string of the molecule is CC(=O)Nc1ccc(NC(=O)C(Cc2ccccc2)N2C(=O)c3ccccc3C2=O)cc1. The molecule has 4 rings (SSSR count). The first-order valence-electron chi connectivity index (χ1n) is 10.1. The van der Waals surface area contributed by atoms with Crippen LogP contribution in [0.2, 0.25) is 0 Å². The van der Waals surface area contributed by atoms with Crippen LogP contribution in [0.1, 0.15) is 33.2 Å². The van der Waals surface area contributed by atoms with Gasteiger partial charge in [0.25, 0.3) is 11.8 Å². The monoisotopic (exact) mass is 427 g/mol. The van der Waals surface area contributed by atoms with Crippen LogP contribution < -0.4 is 10.6 Å². The first-order valence-corrected chi connectivity index (χ1v) is 10.1. The fraction of sp³-hybridized carbons (Fsp3) is 0.120. The maximum atomic E-state index is 13.3. The zero-order valence-corrected chi connectivity index (χ0v) is 17.4. The van der Waals surface area contributed by atoms with Gasteiger partial charge in [-0.05, 0) is 42.0 Å². The van der Waals surface area contributed by atoms with E-state index in [9.17, 15) is 19.2 Å². The number of imide groups is 1. The largest absolute Gasteiger partial charge is 0.326 e. The molecular formula is C25H21N3O4. The lowest BCUT2D eigenvalue weighted by atomic mass is 10.0. The van der Waals surface area contributed by atoms with Crippen molar-refractivity contribution >= 4 is 35.0 Å². The molecule has 7 nitrogen and oxygen atoms in total. The molecule has 0 saturated carbocycles. The van der Waals surface area contributed by atoms with Gasteiger partial charge in [0.05, 0.1) is 11.1 Å². The van der Waals surface area contributed by atoms with Crippen molar-refractivity contribution in [2.24, 2.45) is 0 Å². The lowest BCUT2D eigenvalue weighted by Gasteiger charge is -2.25. The fourth-order valence-corrected chi connectivity index (χ4v) is 3.70. The molecular weight excluding hydrogens is 406 g/mol. The van der Waals surface area contributed by atoms with Crippen LogP contribution in [0, 0.1) is 0 Å². The Kier molecular flexibility index (Phi) is 5.81. The molecule has 1 atom stereocenters. The van der Waals surface area contributed by atoms with Crippen LogP contribution in [-0.2, 0) is 16.0 Å². The van der Waals surface area contributed by atoms with E-state index in [0.717, 1.165) is 10.5 Å². The zero-order chi connectivity index (χ0) is 22.7. The Morgan fingerprint density at radius 1 is 0.750 bits per heavy atom. The number of fused-ring (bicyclic) bond motifs is 1. The van der Waals surface area contributed by atoms with Crippen LogP contribution >= 0.6 is 0 Å². The van der Waals surface area contributed by atoms with Gasteiger partial charge >= 0.3 is 0 Å². The molecule has 0 aromatic heterocycles. The standard InChI is InChI=1S/C25H21N3O4/c1-16(29)26-18-11-13-19(14-12-18)27-23(30)22(15-17-7-3-2-4-8-17)28-24(31)20-9-5-6-10-21(20)25(28)32/h2-14,22H,15H2,1H3,(H,26,29)(H,27,30). The third kappa shape index (κ3) is 4.27. The summed E-state index contributed by atoms with van der Waals surface area (Å²) in [5, 5.41) is 5.45. The van der Waals surface area contributed by atoms with Crippen molar-refractivity contribution in [3.05, 3.63) is 95.6 Å². The maximum absolute atomic E-state index is 13.3. The second-order valence-electron chi connectivity index (χ2n) is 7.48. The highest BCUT2D eigenvalue weighted by molar-refractivity contribution is 6.23. The second-order valence-corrected chi connectivity index (χ2v) is 7.48. The number of carbonyl (C=O) groups is 4. The number of amides is 4. The molecule has 3 aromatic rings. The summed E-state index contributed by atoms with van der Waals surface area (Å²) in [5.74, 6) is -1.64. The molecule has 1 heterocycles. The van der Waals surface area contributed by atoms with Gasteiger partial charge in [-0.3, -0.25) is 24.1 Å². The third-order valence-corrected chi connectivity index (χ3v) is 5.18. The van der Waals surface area contributed by atoms with Gasteiger partial charge in [0.15, 0.2) is 0 Å². The number of nitrogens with one attached hydrogen (secondary N) is 2. The van der Waals surface area contributed by atoms with Crippen molar-refractivity contribution in [2.45, 2.75) is 19.4 Å². The topological polar surface area (TPSA) is 95.6 Å². The summed E-state index contributed by atoms with van der Waals surface area (Å²) in [6.07, 6.45) is 0.183. The van der Waals surface area contributed by atoms with Gasteiger partial charge < -0.3 is 10.6 Å². The maximum Gasteiger partial charge on any atom is 0.262 e. The summed E-state index contributed by atoms with van der Waals surface area (Å²) >= 11 is 0. The molecule has 1 aliphatic rings. The summed E-state index contributed by atoms with van der Waals surface area (Å²) in [4.78, 5) is 51.6. The molecule has 1 unspecified atom stereocenters. The van der Waals surface area contributed by atoms with E-state index in [4.69, 9.17) is 0 Å². The molecule has 0 radical (unpaired) electrons. The molecule has 0 fully saturated rings. The highest BCUT2D eigenvalue weighted by atomic mass is 16.2. The van der Waals surface area contributed by atoms with Crippen LogP contribution in [0.25, 0.3) is 0 Å². The normalized spacial score (nSPS) is 13.5. The van der Waals surface area contributed by atoms with Crippen LogP contribution in [0.5, 0.6) is 0 Å². The van der Waals surface area contributed by atoms with E-state index in [1.54, 1.807) is 48.5 Å². The summed E-state index contributed by atoms with van der Waals surface area (Å²) < 4.78 is 0. The molecule has 4 amide bonds. The van der Waals surface area contributed by atoms with Crippen molar-refractivity contribution in [1.82, 2.24) is 4.90 Å². The van der Waals surface area contributed by atoms with Crippen molar-refractivity contribution in [2.75, 3.05) is 10.6 Å². The number of nitrogens with zero attached hydrogens (tertiary/aromatic N) is 1. The van der Waals surface area contributed by atoms with Crippen molar-refractivity contribution in [1.29, 1.82) is 0 Å². The number of carbonyl (C=O) groups excluding carboxylic acids is 4. The van der Waals surface area contributed by atoms with E-state index in [1.807, 2.05) is 30.3 Å². The first kappa shape index (κ1) is 21.0. The number of anilines is 2. The van der Waals surface area contributed by atoms with Crippen LogP contribution in [0.15, 0.2) is 78.9 Å². The van der Waals surface area contributed by atoms with Gasteiger partial charge in [-0.1, -0.05) is 42.5 Å². The summed E-state index contributed by atoms with van der Waals surface area (Å²) in [6, 6.07) is 21.4. The van der Waals surface area contributed by atoms with Gasteiger partial charge in [0, 0.05) is 24.7 Å². The van der Waals surface area contributed by atoms with E-state index in [2.05, 4.69) is 10.6 Å². The van der Waals surface area contributed by atoms with Gasteiger partial charge in [0.1, 0.15) is 6.04 Å². The average molecular weight is 427 g/mol. The number of hydrogen-bond donors (Lipinski definition) is 2. The zero-order valence-electron chi connectivity index (χ0n) is 17.4. The molecule has 0 spiro atoms. The Labute approximate surface area is 185 Å². The minimum absolute atomic E-state index is 0.183. The molecule has 7 heteroatoms. The lowest BCUT2D eigenvalue weighted by molar-refractivity contribution is -0.120.